The van der Waals surface area contributed by atoms with Crippen LogP contribution < -0.4 is 0 Å². The molecule has 1 aliphatic rings. The highest BCUT2D eigenvalue weighted by Crippen LogP contribution is 2.20. The van der Waals surface area contributed by atoms with Gasteiger partial charge < -0.3 is 0 Å². The normalized spacial score (nSPS) is 30.4. The summed E-state index contributed by atoms with van der Waals surface area (Å²) in [4.78, 5) is 2.49. The molecule has 1 aliphatic heterocycles. The lowest BCUT2D eigenvalue weighted by Crippen LogP contribution is -2.27. The Hall–Kier alpha value is -0.480. The van der Waals surface area contributed by atoms with Gasteiger partial charge in [0, 0.05) is 6.54 Å². The van der Waals surface area contributed by atoms with Crippen LogP contribution in [0.25, 0.3) is 0 Å². The Balaban J connectivity index is 2.41. The van der Waals surface area contributed by atoms with Crippen molar-refractivity contribution in [3.63, 3.8) is 0 Å². The third-order valence-electron chi connectivity index (χ3n) is 2.79. The molecule has 1 saturated heterocycles. The zero-order chi connectivity index (χ0) is 9.68. The summed E-state index contributed by atoms with van der Waals surface area (Å²) in [6.45, 7) is 10.1. The summed E-state index contributed by atoms with van der Waals surface area (Å²) in [7, 11) is 0. The van der Waals surface area contributed by atoms with Crippen LogP contribution in [0.3, 0.4) is 0 Å². The molecule has 0 aromatic carbocycles. The van der Waals surface area contributed by atoms with Crippen LogP contribution in [0.1, 0.15) is 33.6 Å². The lowest BCUT2D eigenvalue weighted by atomic mass is 9.97. The second kappa shape index (κ2) is 5.29. The maximum Gasteiger partial charge on any atom is 0.0601 e. The molecular weight excluding hydrogens is 158 g/mol. The molecule has 13 heavy (non-hydrogen) atoms. The van der Waals surface area contributed by atoms with E-state index in [2.05, 4.69) is 30.6 Å². The number of nitrogens with zero attached hydrogens (tertiary/aromatic N) is 1. The van der Waals surface area contributed by atoms with Gasteiger partial charge in [0.15, 0.2) is 0 Å². The van der Waals surface area contributed by atoms with Gasteiger partial charge in [0.2, 0.25) is 0 Å². The predicted molar refractivity (Wildman–Crippen MR) is 57.5 cm³/mol. The molecule has 1 rings (SSSR count). The van der Waals surface area contributed by atoms with Gasteiger partial charge in [-0.05, 0) is 38.1 Å². The Labute approximate surface area is 82.5 Å². The minimum atomic E-state index is 0.844. The molecular formula is C12H21N. The fraction of sp³-hybridized carbons (Fsp3) is 0.833. The largest absolute Gasteiger partial charge is 0.292 e. The van der Waals surface area contributed by atoms with Crippen molar-refractivity contribution in [3.05, 3.63) is 0 Å². The standard InChI is InChI=1S/C12H21N/c1-4-5-7-13-8-6-11(2)9-12(3)10-13/h11-12H,6-10H2,1-3H3. The molecule has 0 aromatic heterocycles. The summed E-state index contributed by atoms with van der Waals surface area (Å²) in [5.74, 6) is 7.87. The van der Waals surface area contributed by atoms with Crippen molar-refractivity contribution in [3.8, 4) is 11.8 Å². The maximum atomic E-state index is 3.16. The van der Waals surface area contributed by atoms with E-state index in [0.29, 0.717) is 0 Å². The second-order valence-corrected chi connectivity index (χ2v) is 4.40. The average molecular weight is 179 g/mol. The molecule has 74 valence electrons. The third-order valence-corrected chi connectivity index (χ3v) is 2.79. The summed E-state index contributed by atoms with van der Waals surface area (Å²) in [5, 5.41) is 0. The molecule has 0 radical (unpaired) electrons. The van der Waals surface area contributed by atoms with Crippen LogP contribution in [-0.4, -0.2) is 24.5 Å². The summed E-state index contributed by atoms with van der Waals surface area (Å²) in [6, 6.07) is 0. The van der Waals surface area contributed by atoms with Crippen molar-refractivity contribution in [2.45, 2.75) is 33.6 Å². The van der Waals surface area contributed by atoms with Gasteiger partial charge in [-0.2, -0.15) is 0 Å². The number of hydrogen-bond acceptors (Lipinski definition) is 1. The van der Waals surface area contributed by atoms with E-state index >= 15 is 0 Å². The van der Waals surface area contributed by atoms with Crippen molar-refractivity contribution >= 4 is 0 Å². The van der Waals surface area contributed by atoms with Gasteiger partial charge in [-0.15, -0.1) is 5.92 Å². The van der Waals surface area contributed by atoms with Crippen LogP contribution in [0, 0.1) is 23.7 Å². The van der Waals surface area contributed by atoms with E-state index < -0.39 is 0 Å². The predicted octanol–water partition coefficient (Wildman–Crippen LogP) is 2.38. The van der Waals surface area contributed by atoms with Crippen molar-refractivity contribution in [1.82, 2.24) is 4.90 Å². The quantitative estimate of drug-likeness (QED) is 0.559. The van der Waals surface area contributed by atoms with Gasteiger partial charge >= 0.3 is 0 Å². The summed E-state index contributed by atoms with van der Waals surface area (Å²) in [5.41, 5.74) is 0. The highest BCUT2D eigenvalue weighted by Gasteiger charge is 2.17. The smallest absolute Gasteiger partial charge is 0.0601 e. The Morgan fingerprint density at radius 3 is 2.77 bits per heavy atom. The van der Waals surface area contributed by atoms with E-state index in [-0.39, 0.29) is 0 Å². The molecule has 0 amide bonds. The van der Waals surface area contributed by atoms with Gasteiger partial charge in [-0.1, -0.05) is 19.8 Å². The first kappa shape index (κ1) is 10.6. The first-order valence-corrected chi connectivity index (χ1v) is 5.34. The Morgan fingerprint density at radius 2 is 2.08 bits per heavy atom. The molecule has 0 aromatic rings. The summed E-state index contributed by atoms with van der Waals surface area (Å²) in [6.07, 6.45) is 2.73. The van der Waals surface area contributed by atoms with Crippen molar-refractivity contribution in [2.75, 3.05) is 19.6 Å². The van der Waals surface area contributed by atoms with Crippen LogP contribution in [0.15, 0.2) is 0 Å². The first-order chi connectivity index (χ1) is 6.22. The fourth-order valence-electron chi connectivity index (χ4n) is 2.15. The molecule has 1 nitrogen and oxygen atoms in total. The molecule has 2 atom stereocenters. The van der Waals surface area contributed by atoms with E-state index in [0.717, 1.165) is 18.4 Å². The minimum absolute atomic E-state index is 0.844. The van der Waals surface area contributed by atoms with Crippen molar-refractivity contribution in [2.24, 2.45) is 11.8 Å². The van der Waals surface area contributed by atoms with Crippen LogP contribution in [0.2, 0.25) is 0 Å². The van der Waals surface area contributed by atoms with Gasteiger partial charge in [0.1, 0.15) is 0 Å². The highest BCUT2D eigenvalue weighted by molar-refractivity contribution is 4.98. The topological polar surface area (TPSA) is 3.24 Å². The molecule has 2 unspecified atom stereocenters. The summed E-state index contributed by atoms with van der Waals surface area (Å²) >= 11 is 0. The Kier molecular flexibility index (Phi) is 4.32. The van der Waals surface area contributed by atoms with Gasteiger partial charge in [-0.25, -0.2) is 0 Å². The van der Waals surface area contributed by atoms with Crippen molar-refractivity contribution < 1.29 is 0 Å². The second-order valence-electron chi connectivity index (χ2n) is 4.40. The van der Waals surface area contributed by atoms with Crippen LogP contribution >= 0.6 is 0 Å². The average Bonchev–Trinajstić information content (AvgIpc) is 2.23. The molecule has 1 heterocycles. The van der Waals surface area contributed by atoms with Gasteiger partial charge in [0.05, 0.1) is 6.54 Å². The van der Waals surface area contributed by atoms with E-state index in [1.165, 1.54) is 25.9 Å². The number of likely N-dealkylation sites (tertiary alicyclic amines) is 1. The van der Waals surface area contributed by atoms with E-state index in [1.807, 2.05) is 6.92 Å². The molecule has 0 saturated carbocycles. The molecule has 0 spiro atoms. The molecule has 0 aliphatic carbocycles. The van der Waals surface area contributed by atoms with E-state index in [9.17, 15) is 0 Å². The third kappa shape index (κ3) is 3.83. The number of hydrogen-bond donors (Lipinski definition) is 0. The van der Waals surface area contributed by atoms with Gasteiger partial charge in [-0.3, -0.25) is 4.90 Å². The highest BCUT2D eigenvalue weighted by atomic mass is 15.1. The first-order valence-electron chi connectivity index (χ1n) is 5.34. The van der Waals surface area contributed by atoms with E-state index in [4.69, 9.17) is 0 Å². The Bertz CT molecular complexity index is 199. The van der Waals surface area contributed by atoms with Crippen LogP contribution in [0.5, 0.6) is 0 Å². The zero-order valence-corrected chi connectivity index (χ0v) is 9.14. The SMILES string of the molecule is CC#CCN1CCC(C)CC(C)C1. The lowest BCUT2D eigenvalue weighted by Gasteiger charge is -2.19. The fourth-order valence-corrected chi connectivity index (χ4v) is 2.15. The molecule has 1 heteroatoms. The monoisotopic (exact) mass is 179 g/mol. The van der Waals surface area contributed by atoms with E-state index in [1.54, 1.807) is 0 Å². The molecule has 0 bridgehead atoms. The minimum Gasteiger partial charge on any atom is -0.292 e. The van der Waals surface area contributed by atoms with Gasteiger partial charge in [0.25, 0.3) is 0 Å². The maximum absolute atomic E-state index is 3.16. The van der Waals surface area contributed by atoms with Crippen molar-refractivity contribution in [1.29, 1.82) is 0 Å². The van der Waals surface area contributed by atoms with Crippen LogP contribution in [0.4, 0.5) is 0 Å². The van der Waals surface area contributed by atoms with Crippen LogP contribution in [-0.2, 0) is 0 Å². The Morgan fingerprint density at radius 1 is 1.31 bits per heavy atom. The summed E-state index contributed by atoms with van der Waals surface area (Å²) < 4.78 is 0. The number of rotatable bonds is 1. The molecule has 1 fully saturated rings. The zero-order valence-electron chi connectivity index (χ0n) is 9.14. The molecule has 0 N–H and O–H groups in total. The lowest BCUT2D eigenvalue weighted by molar-refractivity contribution is 0.286.